The second-order valence-electron chi connectivity index (χ2n) is 16.5. The number of amides is 1. The molecule has 7 aromatic rings. The molecular formula is C52H52N4O7S. The van der Waals surface area contributed by atoms with Crippen molar-refractivity contribution in [2.24, 2.45) is 5.92 Å². The van der Waals surface area contributed by atoms with Gasteiger partial charge in [0.1, 0.15) is 5.75 Å². The summed E-state index contributed by atoms with van der Waals surface area (Å²) >= 11 is 1.52. The first-order chi connectivity index (χ1) is 31.0. The van der Waals surface area contributed by atoms with Crippen molar-refractivity contribution >= 4 is 34.1 Å². The van der Waals surface area contributed by atoms with Crippen LogP contribution in [0.4, 0.5) is 0 Å². The number of aryl methyl sites for hydroxylation is 1. The molecule has 1 amide bonds. The molecule has 1 aliphatic heterocycles. The molecule has 0 saturated carbocycles. The molecule has 1 unspecified atom stereocenters. The van der Waals surface area contributed by atoms with E-state index >= 15 is 0 Å². The van der Waals surface area contributed by atoms with E-state index in [1.165, 1.54) is 29.0 Å². The first kappa shape index (κ1) is 44.2. The summed E-state index contributed by atoms with van der Waals surface area (Å²) in [6, 6.07) is 42.2. The van der Waals surface area contributed by atoms with Crippen LogP contribution in [0, 0.1) is 12.8 Å². The van der Waals surface area contributed by atoms with E-state index in [0.717, 1.165) is 58.9 Å². The van der Waals surface area contributed by atoms with Crippen molar-refractivity contribution in [1.82, 2.24) is 20.5 Å². The number of likely N-dealkylation sites (tertiary alicyclic amines) is 1. The molecule has 11 nitrogen and oxygen atoms in total. The highest BCUT2D eigenvalue weighted by Crippen LogP contribution is 2.36. The number of nitrogens with one attached hydrogen (secondary N) is 3. The van der Waals surface area contributed by atoms with Gasteiger partial charge in [0, 0.05) is 52.0 Å². The Morgan fingerprint density at radius 2 is 1.61 bits per heavy atom. The van der Waals surface area contributed by atoms with E-state index in [0.29, 0.717) is 40.7 Å². The summed E-state index contributed by atoms with van der Waals surface area (Å²) in [5.74, 6) is -0.765. The number of phenolic OH excluding ortho intramolecular Hbond substituents is 1. The third-order valence-corrected chi connectivity index (χ3v) is 13.2. The number of benzene rings is 5. The molecule has 2 aromatic heterocycles. The quantitative estimate of drug-likeness (QED) is 0.0534. The smallest absolute Gasteiger partial charge is 0.347 e. The molecule has 2 atom stereocenters. The zero-order valence-corrected chi connectivity index (χ0v) is 36.4. The van der Waals surface area contributed by atoms with Gasteiger partial charge in [0.05, 0.1) is 24.8 Å². The van der Waals surface area contributed by atoms with Crippen LogP contribution in [0.3, 0.4) is 0 Å². The van der Waals surface area contributed by atoms with Gasteiger partial charge in [0.2, 0.25) is 11.2 Å². The maximum atomic E-state index is 14.0. The number of phenols is 1. The Bertz CT molecular complexity index is 2780. The molecule has 0 aliphatic carbocycles. The fraction of sp³-hybridized carbons (Fsp3) is 0.250. The summed E-state index contributed by atoms with van der Waals surface area (Å²) in [7, 11) is 0. The number of aromatic nitrogens is 1. The van der Waals surface area contributed by atoms with Gasteiger partial charge in [-0.15, -0.1) is 11.3 Å². The number of fused-ring (bicyclic) bond motifs is 1. The molecule has 3 heterocycles. The molecule has 1 aliphatic rings. The molecule has 0 spiro atoms. The number of aromatic hydroxyl groups is 1. The molecule has 328 valence electrons. The van der Waals surface area contributed by atoms with Crippen LogP contribution in [-0.2, 0) is 34.8 Å². The number of esters is 1. The van der Waals surface area contributed by atoms with Crippen LogP contribution in [0.15, 0.2) is 144 Å². The van der Waals surface area contributed by atoms with Gasteiger partial charge in [0.15, 0.2) is 0 Å². The van der Waals surface area contributed by atoms with Gasteiger partial charge in [-0.1, -0.05) is 91.0 Å². The summed E-state index contributed by atoms with van der Waals surface area (Å²) in [5, 5.41) is 40.3. The van der Waals surface area contributed by atoms with Crippen LogP contribution >= 0.6 is 11.3 Å². The van der Waals surface area contributed by atoms with Gasteiger partial charge < -0.3 is 35.7 Å². The zero-order chi connectivity index (χ0) is 44.6. The average Bonchev–Trinajstić information content (AvgIpc) is 3.81. The largest absolute Gasteiger partial charge is 0.506 e. The van der Waals surface area contributed by atoms with Crippen molar-refractivity contribution in [3.8, 4) is 16.2 Å². The Balaban J connectivity index is 0.861. The third kappa shape index (κ3) is 10.2. The van der Waals surface area contributed by atoms with Crippen molar-refractivity contribution in [2.45, 2.75) is 51.1 Å². The number of H-pyrrole nitrogens is 1. The Morgan fingerprint density at radius 3 is 2.38 bits per heavy atom. The van der Waals surface area contributed by atoms with Gasteiger partial charge in [-0.05, 0) is 115 Å². The van der Waals surface area contributed by atoms with Crippen LogP contribution in [0.25, 0.3) is 21.3 Å². The molecule has 6 N–H and O–H groups in total. The van der Waals surface area contributed by atoms with Crippen molar-refractivity contribution in [2.75, 3.05) is 26.2 Å². The molecule has 1 saturated heterocycles. The number of piperidine rings is 1. The van der Waals surface area contributed by atoms with Crippen molar-refractivity contribution in [3.63, 3.8) is 0 Å². The maximum Gasteiger partial charge on any atom is 0.347 e. The predicted molar refractivity (Wildman–Crippen MR) is 250 cm³/mol. The number of aliphatic hydroxyl groups excluding tert-OH is 1. The minimum Gasteiger partial charge on any atom is -0.506 e. The summed E-state index contributed by atoms with van der Waals surface area (Å²) in [6.45, 7) is 5.91. The minimum atomic E-state index is -2.02. The van der Waals surface area contributed by atoms with E-state index < -0.39 is 17.7 Å². The average molecular weight is 877 g/mol. The van der Waals surface area contributed by atoms with E-state index in [1.54, 1.807) is 48.5 Å². The Kier molecular flexibility index (Phi) is 13.8. The fourth-order valence-corrected chi connectivity index (χ4v) is 9.31. The zero-order valence-electron chi connectivity index (χ0n) is 35.6. The number of carbonyl (C=O) groups excluding carboxylic acids is 2. The first-order valence-corrected chi connectivity index (χ1v) is 22.4. The summed E-state index contributed by atoms with van der Waals surface area (Å²) < 4.78 is 5.95. The van der Waals surface area contributed by atoms with E-state index in [2.05, 4.69) is 44.8 Å². The van der Waals surface area contributed by atoms with Crippen LogP contribution in [0.2, 0.25) is 0 Å². The normalized spacial score (nSPS) is 14.8. The summed E-state index contributed by atoms with van der Waals surface area (Å²) in [5.41, 5.74) is 3.87. The maximum absolute atomic E-state index is 14.0. The van der Waals surface area contributed by atoms with E-state index in [4.69, 9.17) is 4.74 Å². The molecule has 0 bridgehead atoms. The van der Waals surface area contributed by atoms with Gasteiger partial charge in [-0.2, -0.15) is 0 Å². The third-order valence-electron chi connectivity index (χ3n) is 12.1. The molecule has 8 rings (SSSR count). The lowest BCUT2D eigenvalue weighted by Crippen LogP contribution is -2.40. The van der Waals surface area contributed by atoms with Crippen LogP contribution in [-0.4, -0.2) is 63.3 Å². The number of thiophene rings is 1. The number of hydrogen-bond acceptors (Lipinski definition) is 10. The molecule has 12 heteroatoms. The number of pyridine rings is 1. The van der Waals surface area contributed by atoms with E-state index in [9.17, 15) is 29.7 Å². The van der Waals surface area contributed by atoms with Gasteiger partial charge in [0.25, 0.3) is 5.91 Å². The number of aromatic amines is 1. The Morgan fingerprint density at radius 1 is 0.859 bits per heavy atom. The number of nitrogens with zero attached hydrogens (tertiary/aromatic N) is 1. The van der Waals surface area contributed by atoms with Crippen LogP contribution < -0.4 is 16.2 Å². The van der Waals surface area contributed by atoms with Crippen molar-refractivity contribution < 1.29 is 29.6 Å². The molecule has 1 fully saturated rings. The highest BCUT2D eigenvalue weighted by Gasteiger charge is 2.42. The van der Waals surface area contributed by atoms with Gasteiger partial charge >= 0.3 is 5.97 Å². The number of rotatable bonds is 16. The second kappa shape index (κ2) is 20.0. The monoisotopic (exact) mass is 876 g/mol. The van der Waals surface area contributed by atoms with Crippen LogP contribution in [0.1, 0.15) is 67.6 Å². The minimum absolute atomic E-state index is 0.0647. The van der Waals surface area contributed by atoms with Gasteiger partial charge in [-0.3, -0.25) is 14.5 Å². The van der Waals surface area contributed by atoms with Gasteiger partial charge in [-0.25, -0.2) is 4.79 Å². The highest BCUT2D eigenvalue weighted by atomic mass is 32.1. The summed E-state index contributed by atoms with van der Waals surface area (Å²) in [4.78, 5) is 46.0. The lowest BCUT2D eigenvalue weighted by atomic mass is 9.85. The van der Waals surface area contributed by atoms with E-state index in [1.807, 2.05) is 61.5 Å². The topological polar surface area (TPSA) is 164 Å². The standard InChI is InChI=1S/C52H52N4O7S/c1-34-27-38(15-16-39(34)29-53-31-46(58)43-18-20-45(57)49-44(43)19-22-48(59)55-49)50(60)54-30-42-17-21-47(64-42)37-11-8-14-41(28-37)52(62,40-12-6-3-7-13-40)51(61)63-33-36-23-25-56(26-24-36)32-35-9-4-2-5-10-35/h2-22,27-28,36,46,53,57-58,62H,23-26,29-33H2,1H3,(H,54,60)(H,55,59)/t46-,52?/m0/s1. The lowest BCUT2D eigenvalue weighted by molar-refractivity contribution is -0.164. The van der Waals surface area contributed by atoms with Crippen molar-refractivity contribution in [1.29, 1.82) is 0 Å². The van der Waals surface area contributed by atoms with Crippen LogP contribution in [0.5, 0.6) is 5.75 Å². The summed E-state index contributed by atoms with van der Waals surface area (Å²) in [6.07, 6.45) is 0.927. The highest BCUT2D eigenvalue weighted by molar-refractivity contribution is 7.15. The number of hydrogen-bond donors (Lipinski definition) is 6. The van der Waals surface area contributed by atoms with Crippen molar-refractivity contribution in [3.05, 3.63) is 194 Å². The molecule has 0 radical (unpaired) electrons. The second-order valence-corrected chi connectivity index (χ2v) is 17.7. The molecule has 64 heavy (non-hydrogen) atoms. The SMILES string of the molecule is Cc1cc(C(=O)NCc2ccc(-c3cccc(C(O)(C(=O)OCC4CCN(Cc5ccccc5)CC4)c4ccccc4)c3)s2)ccc1CNC[C@H](O)c1ccc(O)c2[nH]c(=O)ccc12. The number of carbonyl (C=O) groups is 2. The number of ether oxygens (including phenoxy) is 1. The molecular weight excluding hydrogens is 825 g/mol. The Hall–Kier alpha value is -6.41. The van der Waals surface area contributed by atoms with E-state index in [-0.39, 0.29) is 41.8 Å². The molecule has 5 aromatic carbocycles. The lowest BCUT2D eigenvalue weighted by Gasteiger charge is -2.33. The predicted octanol–water partition coefficient (Wildman–Crippen LogP) is 7.72. The number of aliphatic hydroxyl groups is 2. The fourth-order valence-electron chi connectivity index (χ4n) is 8.37. The Labute approximate surface area is 376 Å². The first-order valence-electron chi connectivity index (χ1n) is 21.6.